The second-order valence-electron chi connectivity index (χ2n) is 13.8. The van der Waals surface area contributed by atoms with Gasteiger partial charge in [-0.3, -0.25) is 19.3 Å². The van der Waals surface area contributed by atoms with Gasteiger partial charge in [0.1, 0.15) is 17.8 Å². The second-order valence-corrected chi connectivity index (χ2v) is 14.6. The number of ether oxygens (including phenoxy) is 4. The number of carboxylic acids is 1. The molecule has 0 saturated heterocycles. The van der Waals surface area contributed by atoms with Crippen molar-refractivity contribution in [2.75, 3.05) is 19.9 Å². The number of carboxylic acid groups (broad SMARTS) is 1. The van der Waals surface area contributed by atoms with Crippen molar-refractivity contribution in [3.63, 3.8) is 0 Å². The highest BCUT2D eigenvalue weighted by Crippen LogP contribution is 2.55. The van der Waals surface area contributed by atoms with E-state index in [1.54, 1.807) is 13.8 Å². The Morgan fingerprint density at radius 1 is 0.883 bits per heavy atom. The van der Waals surface area contributed by atoms with Crippen LogP contribution in [0.4, 0.5) is 48.7 Å². The Kier molecular flexibility index (Phi) is 13.6. The average Bonchev–Trinajstić information content (AvgIpc) is 3.77. The molecular formula is C35H28Cl2F10N4O9. The Morgan fingerprint density at radius 3 is 2.05 bits per heavy atom. The Bertz CT molecular complexity index is 2170. The van der Waals surface area contributed by atoms with E-state index in [0.717, 1.165) is 23.4 Å². The van der Waals surface area contributed by atoms with E-state index < -0.39 is 107 Å². The maximum absolute atomic E-state index is 14.8. The summed E-state index contributed by atoms with van der Waals surface area (Å²) in [5, 5.41) is 20.8. The van der Waals surface area contributed by atoms with Crippen LogP contribution in [-0.4, -0.2) is 88.0 Å². The predicted molar refractivity (Wildman–Crippen MR) is 183 cm³/mol. The Hall–Kier alpha value is -5.50. The smallest absolute Gasteiger partial charge is 0.481 e. The molecule has 0 radical (unpaired) electrons. The lowest BCUT2D eigenvalue weighted by Crippen LogP contribution is -2.50. The van der Waals surface area contributed by atoms with E-state index in [2.05, 4.69) is 9.84 Å². The van der Waals surface area contributed by atoms with Gasteiger partial charge in [0.05, 0.1) is 47.3 Å². The zero-order chi connectivity index (χ0) is 45.2. The molecule has 3 aromatic rings. The van der Waals surface area contributed by atoms with E-state index in [4.69, 9.17) is 42.5 Å². The van der Waals surface area contributed by atoms with Crippen LogP contribution in [0.1, 0.15) is 55.5 Å². The number of rotatable bonds is 15. The third-order valence-corrected chi connectivity index (χ3v) is 9.15. The molecule has 2 aromatic carbocycles. The molecule has 25 heteroatoms. The normalized spacial score (nSPS) is 14.2. The van der Waals surface area contributed by atoms with Gasteiger partial charge in [0, 0.05) is 22.7 Å². The highest BCUT2D eigenvalue weighted by atomic mass is 35.5. The molecule has 1 aromatic heterocycles. The number of alkyl halides is 10. The summed E-state index contributed by atoms with van der Waals surface area (Å²) in [6.45, 7) is 1.57. The van der Waals surface area contributed by atoms with Crippen LogP contribution in [0.25, 0.3) is 16.8 Å². The van der Waals surface area contributed by atoms with Gasteiger partial charge in [-0.05, 0) is 42.7 Å². The summed E-state index contributed by atoms with van der Waals surface area (Å²) in [4.78, 5) is 49.7. The average molecular weight is 910 g/mol. The molecule has 0 spiro atoms. The second kappa shape index (κ2) is 17.2. The van der Waals surface area contributed by atoms with Crippen molar-refractivity contribution in [2.45, 2.75) is 69.5 Å². The van der Waals surface area contributed by atoms with Crippen LogP contribution in [-0.2, 0) is 29.5 Å². The fourth-order valence-corrected chi connectivity index (χ4v) is 5.74. The molecule has 1 N–H and O–H groups in total. The molecule has 13 nitrogen and oxygen atoms in total. The number of halogens is 12. The zero-order valence-corrected chi connectivity index (χ0v) is 32.0. The van der Waals surface area contributed by atoms with Crippen LogP contribution < -0.4 is 4.74 Å². The number of carbonyl (C=O) groups excluding carboxylic acids is 3. The van der Waals surface area contributed by atoms with Crippen molar-refractivity contribution in [3.8, 4) is 28.6 Å². The minimum absolute atomic E-state index is 0.0184. The lowest BCUT2D eigenvalue weighted by molar-refractivity contribution is -0.348. The molecule has 1 heterocycles. The van der Waals surface area contributed by atoms with Crippen molar-refractivity contribution in [1.82, 2.24) is 14.7 Å². The van der Waals surface area contributed by atoms with Gasteiger partial charge in [-0.15, -0.1) is 13.2 Å². The number of esters is 1. The van der Waals surface area contributed by atoms with Crippen molar-refractivity contribution < 1.29 is 87.1 Å². The molecule has 1 aliphatic rings. The number of hydrogen-bond acceptors (Lipinski definition) is 10. The largest absolute Gasteiger partial charge is 0.573 e. The molecular weight excluding hydrogens is 881 g/mol. The zero-order valence-electron chi connectivity index (χ0n) is 30.5. The Balaban J connectivity index is 1.60. The van der Waals surface area contributed by atoms with Crippen molar-refractivity contribution in [3.05, 3.63) is 63.9 Å². The monoisotopic (exact) mass is 908 g/mol. The van der Waals surface area contributed by atoms with Gasteiger partial charge in [0.2, 0.25) is 0 Å². The number of amides is 1. The van der Waals surface area contributed by atoms with Gasteiger partial charge < -0.3 is 24.1 Å². The first-order chi connectivity index (χ1) is 27.5. The highest BCUT2D eigenvalue weighted by molar-refractivity contribution is 6.34. The molecule has 4 rings (SSSR count). The highest BCUT2D eigenvalue weighted by Gasteiger charge is 2.73. The number of nitrogens with zero attached hydrogens (tertiary/aromatic N) is 4. The number of carbonyl (C=O) groups is 4. The van der Waals surface area contributed by atoms with Crippen molar-refractivity contribution in [1.29, 1.82) is 5.26 Å². The number of hydrogen-bond donors (Lipinski definition) is 1. The summed E-state index contributed by atoms with van der Waals surface area (Å²) in [5.41, 5.74) is -12.5. The molecule has 1 fully saturated rings. The molecule has 0 aliphatic heterocycles. The number of benzene rings is 2. The fourth-order valence-electron chi connectivity index (χ4n) is 5.24. The third kappa shape index (κ3) is 10.8. The molecule has 326 valence electrons. The first kappa shape index (κ1) is 47.2. The van der Waals surface area contributed by atoms with E-state index in [-0.39, 0.29) is 53.8 Å². The Labute approximate surface area is 341 Å². The van der Waals surface area contributed by atoms with Gasteiger partial charge in [-0.25, -0.2) is 13.9 Å². The minimum Gasteiger partial charge on any atom is -0.481 e. The summed E-state index contributed by atoms with van der Waals surface area (Å²) in [6.07, 6.45) is -19.3. The van der Waals surface area contributed by atoms with Crippen LogP contribution in [0, 0.1) is 16.7 Å². The maximum Gasteiger partial charge on any atom is 0.573 e. The molecule has 60 heavy (non-hydrogen) atoms. The molecule has 0 bridgehead atoms. The fraction of sp³-hybridized carbons (Fsp3) is 0.429. The van der Waals surface area contributed by atoms with E-state index in [0.29, 0.717) is 4.68 Å². The van der Waals surface area contributed by atoms with Gasteiger partial charge in [-0.2, -0.15) is 36.7 Å². The lowest BCUT2D eigenvalue weighted by Gasteiger charge is -2.31. The molecule has 1 aliphatic carbocycles. The van der Waals surface area contributed by atoms with Crippen LogP contribution in [0.2, 0.25) is 10.0 Å². The third-order valence-electron chi connectivity index (χ3n) is 8.53. The first-order valence-electron chi connectivity index (χ1n) is 16.7. The number of nitriles is 1. The summed E-state index contributed by atoms with van der Waals surface area (Å²) in [5.74, 6) is -4.79. The standard InChI is InChI=1S/C35H28Cl2F10N4O9/c1-30(2,15-57-26(54)6-5-25(52)53)16-58-29(56)59-17-50(31(14-48)7-8-31)28(55)21-9-18(3-4-22(21)36)19-12-49-51(13-19)27-23(37)10-20(11-24(27)60-35(45,46)47)32(38,33(39,40)41)34(42,43)44/h3-4,9-13H,5-8,15-17H2,1-2H3,(H,52,53). The molecule has 0 atom stereocenters. The van der Waals surface area contributed by atoms with Crippen LogP contribution in [0.3, 0.4) is 0 Å². The quantitative estimate of drug-likeness (QED) is 0.0877. The Morgan fingerprint density at radius 2 is 1.50 bits per heavy atom. The molecule has 0 unspecified atom stereocenters. The van der Waals surface area contributed by atoms with Crippen LogP contribution in [0.15, 0.2) is 42.7 Å². The van der Waals surface area contributed by atoms with Gasteiger partial charge in [-0.1, -0.05) is 43.1 Å². The van der Waals surface area contributed by atoms with Gasteiger partial charge in [0.25, 0.3) is 5.91 Å². The summed E-state index contributed by atoms with van der Waals surface area (Å²) in [7, 11) is 0. The summed E-state index contributed by atoms with van der Waals surface area (Å²) < 4.78 is 155. The predicted octanol–water partition coefficient (Wildman–Crippen LogP) is 9.08. The molecule has 1 saturated carbocycles. The van der Waals surface area contributed by atoms with E-state index in [9.17, 15) is 68.3 Å². The summed E-state index contributed by atoms with van der Waals surface area (Å²) >= 11 is 12.2. The van der Waals surface area contributed by atoms with E-state index in [1.165, 1.54) is 12.1 Å². The lowest BCUT2D eigenvalue weighted by atomic mass is 9.93. The number of aliphatic carboxylic acids is 1. The SMILES string of the molecule is CC(C)(COC(=O)CCC(=O)O)COC(=O)OCN(C(=O)c1cc(-c2cnn(-c3c(Cl)cc(C(F)(C(F)(F)F)C(F)(F)F)cc3OC(F)(F)F)c2)ccc1Cl)C1(C#N)CC1. The topological polar surface area (TPSA) is 170 Å². The van der Waals surface area contributed by atoms with Crippen molar-refractivity contribution in [2.24, 2.45) is 5.41 Å². The van der Waals surface area contributed by atoms with Gasteiger partial charge in [0.15, 0.2) is 12.5 Å². The number of aromatic nitrogens is 2. The first-order valence-corrected chi connectivity index (χ1v) is 17.5. The summed E-state index contributed by atoms with van der Waals surface area (Å²) in [6, 6.07) is 4.84. The van der Waals surface area contributed by atoms with E-state index in [1.807, 2.05) is 6.07 Å². The minimum atomic E-state index is -6.71. The van der Waals surface area contributed by atoms with Crippen LogP contribution >= 0.6 is 23.2 Å². The van der Waals surface area contributed by atoms with Crippen LogP contribution in [0.5, 0.6) is 5.75 Å². The van der Waals surface area contributed by atoms with Gasteiger partial charge >= 0.3 is 42.5 Å². The van der Waals surface area contributed by atoms with E-state index >= 15 is 0 Å². The maximum atomic E-state index is 14.8. The molecule has 1 amide bonds. The van der Waals surface area contributed by atoms with Crippen molar-refractivity contribution >= 4 is 47.2 Å².